The molecule has 0 radical (unpaired) electrons. The molecule has 0 bridgehead atoms. The van der Waals surface area contributed by atoms with Crippen molar-refractivity contribution in [3.05, 3.63) is 69.5 Å². The number of rotatable bonds is 3. The fourth-order valence-electron chi connectivity index (χ4n) is 1.75. The summed E-state index contributed by atoms with van der Waals surface area (Å²) < 4.78 is 13.7. The van der Waals surface area contributed by atoms with Crippen LogP contribution in [0.3, 0.4) is 0 Å². The van der Waals surface area contributed by atoms with Gasteiger partial charge in [0.25, 0.3) is 0 Å². The second-order valence-electron chi connectivity index (χ2n) is 3.89. The summed E-state index contributed by atoms with van der Waals surface area (Å²) in [6.45, 7) is 0. The van der Waals surface area contributed by atoms with Gasteiger partial charge in [0.1, 0.15) is 5.82 Å². The highest BCUT2D eigenvalue weighted by Crippen LogP contribution is 2.33. The van der Waals surface area contributed by atoms with Crippen molar-refractivity contribution in [3.63, 3.8) is 0 Å². The molecule has 2 aromatic carbocycles. The van der Waals surface area contributed by atoms with Crippen molar-refractivity contribution in [3.8, 4) is 0 Å². The van der Waals surface area contributed by atoms with E-state index in [0.29, 0.717) is 22.0 Å². The predicted molar refractivity (Wildman–Crippen MR) is 75.2 cm³/mol. The normalized spacial score (nSPS) is 12.4. The zero-order valence-electron chi connectivity index (χ0n) is 9.34. The van der Waals surface area contributed by atoms with E-state index in [2.05, 4.69) is 0 Å². The zero-order valence-corrected chi connectivity index (χ0v) is 11.6. The van der Waals surface area contributed by atoms with Crippen LogP contribution in [0.1, 0.15) is 16.5 Å². The van der Waals surface area contributed by atoms with Crippen molar-refractivity contribution in [1.82, 2.24) is 0 Å². The van der Waals surface area contributed by atoms with Crippen molar-refractivity contribution in [2.45, 2.75) is 11.8 Å². The van der Waals surface area contributed by atoms with Crippen LogP contribution >= 0.6 is 34.8 Å². The minimum atomic E-state index is -0.409. The molecule has 0 fully saturated rings. The first kappa shape index (κ1) is 13.7. The van der Waals surface area contributed by atoms with Gasteiger partial charge in [0.05, 0.1) is 5.38 Å². The van der Waals surface area contributed by atoms with E-state index in [0.717, 1.165) is 5.56 Å². The molecular weight excluding hydrogens is 294 g/mol. The minimum Gasteiger partial charge on any atom is -0.207 e. The third-order valence-electron chi connectivity index (χ3n) is 2.69. The number of alkyl halides is 1. The Morgan fingerprint density at radius 3 is 2.28 bits per heavy atom. The molecule has 0 spiro atoms. The second kappa shape index (κ2) is 5.92. The molecule has 94 valence electrons. The van der Waals surface area contributed by atoms with E-state index in [1.165, 1.54) is 6.07 Å². The van der Waals surface area contributed by atoms with Crippen molar-refractivity contribution >= 4 is 34.8 Å². The summed E-state index contributed by atoms with van der Waals surface area (Å²) in [6, 6.07) is 11.8. The molecule has 0 aliphatic carbocycles. The highest BCUT2D eigenvalue weighted by Gasteiger charge is 2.16. The highest BCUT2D eigenvalue weighted by molar-refractivity contribution is 6.33. The van der Waals surface area contributed by atoms with E-state index in [1.54, 1.807) is 18.2 Å². The van der Waals surface area contributed by atoms with Gasteiger partial charge in [0.15, 0.2) is 0 Å². The third-order valence-corrected chi connectivity index (χ3v) is 3.78. The van der Waals surface area contributed by atoms with Crippen LogP contribution in [0.15, 0.2) is 42.5 Å². The first-order valence-corrected chi connectivity index (χ1v) is 6.60. The average molecular weight is 304 g/mol. The second-order valence-corrected chi connectivity index (χ2v) is 5.23. The molecule has 18 heavy (non-hydrogen) atoms. The molecular formula is C14H10Cl3F. The fraction of sp³-hybridized carbons (Fsp3) is 0.143. The summed E-state index contributed by atoms with van der Waals surface area (Å²) in [4.78, 5) is 0. The maximum absolute atomic E-state index is 13.7. The van der Waals surface area contributed by atoms with Crippen LogP contribution in [0.25, 0.3) is 0 Å². The maximum atomic E-state index is 13.7. The van der Waals surface area contributed by atoms with Gasteiger partial charge in [-0.15, -0.1) is 11.6 Å². The van der Waals surface area contributed by atoms with E-state index in [1.807, 2.05) is 18.2 Å². The van der Waals surface area contributed by atoms with Crippen LogP contribution in [-0.4, -0.2) is 0 Å². The van der Waals surface area contributed by atoms with Crippen LogP contribution in [0, 0.1) is 5.82 Å². The summed E-state index contributed by atoms with van der Waals surface area (Å²) >= 11 is 18.3. The van der Waals surface area contributed by atoms with Gasteiger partial charge in [-0.2, -0.15) is 0 Å². The lowest BCUT2D eigenvalue weighted by Crippen LogP contribution is -2.00. The molecule has 0 aliphatic rings. The monoisotopic (exact) mass is 302 g/mol. The van der Waals surface area contributed by atoms with E-state index < -0.39 is 5.38 Å². The Hall–Kier alpha value is -0.760. The molecule has 0 aliphatic heterocycles. The quantitative estimate of drug-likeness (QED) is 0.642. The van der Waals surface area contributed by atoms with E-state index >= 15 is 0 Å². The molecule has 0 saturated carbocycles. The summed E-state index contributed by atoms with van der Waals surface area (Å²) in [5, 5.41) is 0.547. The first-order chi connectivity index (χ1) is 8.59. The molecule has 0 nitrogen and oxygen atoms in total. The van der Waals surface area contributed by atoms with Crippen LogP contribution in [0.2, 0.25) is 10.0 Å². The summed E-state index contributed by atoms with van der Waals surface area (Å²) in [5.74, 6) is -0.347. The largest absolute Gasteiger partial charge is 0.207 e. The van der Waals surface area contributed by atoms with Gasteiger partial charge in [-0.25, -0.2) is 4.39 Å². The maximum Gasteiger partial charge on any atom is 0.127 e. The molecule has 2 rings (SSSR count). The Morgan fingerprint density at radius 2 is 1.61 bits per heavy atom. The van der Waals surface area contributed by atoms with Gasteiger partial charge in [-0.3, -0.25) is 0 Å². The lowest BCUT2D eigenvalue weighted by molar-refractivity contribution is 0.607. The minimum absolute atomic E-state index is 0.302. The number of hydrogen-bond acceptors (Lipinski definition) is 0. The molecule has 1 unspecified atom stereocenters. The van der Waals surface area contributed by atoms with E-state index in [4.69, 9.17) is 34.8 Å². The van der Waals surface area contributed by atoms with Crippen LogP contribution < -0.4 is 0 Å². The molecule has 0 amide bonds. The predicted octanol–water partition coefficient (Wildman–Crippen LogP) is 5.66. The molecule has 0 N–H and O–H groups in total. The van der Waals surface area contributed by atoms with Gasteiger partial charge in [-0.1, -0.05) is 47.5 Å². The Balaban J connectivity index is 2.27. The van der Waals surface area contributed by atoms with Crippen molar-refractivity contribution in [1.29, 1.82) is 0 Å². The highest BCUT2D eigenvalue weighted by atomic mass is 35.5. The summed E-state index contributed by atoms with van der Waals surface area (Å²) in [7, 11) is 0. The Labute approximate surface area is 120 Å². The van der Waals surface area contributed by atoms with Gasteiger partial charge in [0.2, 0.25) is 0 Å². The van der Waals surface area contributed by atoms with Crippen LogP contribution in [-0.2, 0) is 6.42 Å². The molecule has 0 heterocycles. The lowest BCUT2D eigenvalue weighted by Gasteiger charge is -2.13. The number of hydrogen-bond donors (Lipinski definition) is 0. The molecule has 4 heteroatoms. The van der Waals surface area contributed by atoms with Gasteiger partial charge < -0.3 is 0 Å². The van der Waals surface area contributed by atoms with Crippen molar-refractivity contribution < 1.29 is 4.39 Å². The van der Waals surface area contributed by atoms with E-state index in [9.17, 15) is 4.39 Å². The Bertz CT molecular complexity index is 534. The molecule has 0 aromatic heterocycles. The van der Waals surface area contributed by atoms with Gasteiger partial charge >= 0.3 is 0 Å². The number of halogens is 4. The third kappa shape index (κ3) is 2.97. The first-order valence-electron chi connectivity index (χ1n) is 5.41. The molecule has 1 atom stereocenters. The summed E-state index contributed by atoms with van der Waals surface area (Å²) in [5.41, 5.74) is 1.19. The SMILES string of the molecule is Fc1cccc(Cl)c1CC(Cl)c1ccccc1Cl. The zero-order chi connectivity index (χ0) is 13.1. The molecule has 2 aromatic rings. The Kier molecular flexibility index (Phi) is 4.50. The Morgan fingerprint density at radius 1 is 0.944 bits per heavy atom. The van der Waals surface area contributed by atoms with Crippen LogP contribution in [0.4, 0.5) is 4.39 Å². The van der Waals surface area contributed by atoms with Gasteiger partial charge in [-0.05, 0) is 30.2 Å². The smallest absolute Gasteiger partial charge is 0.127 e. The standard InChI is InChI=1S/C14H10Cl3F/c15-11-5-2-1-4-9(11)13(17)8-10-12(16)6-3-7-14(10)18/h1-7,13H,8H2. The fourth-order valence-corrected chi connectivity index (χ4v) is 2.65. The average Bonchev–Trinajstić information content (AvgIpc) is 2.34. The van der Waals surface area contributed by atoms with E-state index in [-0.39, 0.29) is 5.82 Å². The summed E-state index contributed by atoms with van der Waals surface area (Å²) in [6.07, 6.45) is 0.302. The van der Waals surface area contributed by atoms with Gasteiger partial charge in [0, 0.05) is 15.6 Å². The molecule has 0 saturated heterocycles. The van der Waals surface area contributed by atoms with Crippen molar-refractivity contribution in [2.75, 3.05) is 0 Å². The van der Waals surface area contributed by atoms with Crippen LogP contribution in [0.5, 0.6) is 0 Å². The van der Waals surface area contributed by atoms with Crippen molar-refractivity contribution in [2.24, 2.45) is 0 Å². The topological polar surface area (TPSA) is 0 Å². The number of benzene rings is 2. The lowest BCUT2D eigenvalue weighted by atomic mass is 10.0.